The van der Waals surface area contributed by atoms with Gasteiger partial charge in [0, 0.05) is 18.7 Å². The van der Waals surface area contributed by atoms with Crippen LogP contribution in [-0.2, 0) is 11.2 Å². The van der Waals surface area contributed by atoms with Gasteiger partial charge in [-0.25, -0.2) is 0 Å². The van der Waals surface area contributed by atoms with Gasteiger partial charge in [0.1, 0.15) is 5.82 Å². The fraction of sp³-hybridized carbons (Fsp3) is 0.556. The van der Waals surface area contributed by atoms with E-state index in [1.807, 2.05) is 6.92 Å². The van der Waals surface area contributed by atoms with E-state index < -0.39 is 0 Å². The zero-order chi connectivity index (χ0) is 9.97. The van der Waals surface area contributed by atoms with Crippen molar-refractivity contribution in [1.82, 2.24) is 15.5 Å². The minimum atomic E-state index is 0.0719. The summed E-state index contributed by atoms with van der Waals surface area (Å²) in [7, 11) is 0. The van der Waals surface area contributed by atoms with Crippen molar-refractivity contribution in [1.29, 1.82) is 0 Å². The molecule has 5 nitrogen and oxygen atoms in total. The summed E-state index contributed by atoms with van der Waals surface area (Å²) in [6.45, 7) is 3.59. The van der Waals surface area contributed by atoms with Crippen LogP contribution in [0.2, 0.25) is 0 Å². The van der Waals surface area contributed by atoms with Gasteiger partial charge in [-0.1, -0.05) is 6.92 Å². The molecule has 0 radical (unpaired) electrons. The number of hydrogen-bond acceptors (Lipinski definition) is 3. The van der Waals surface area contributed by atoms with Gasteiger partial charge in [-0.15, -0.1) is 0 Å². The van der Waals surface area contributed by atoms with Crippen molar-refractivity contribution in [2.75, 3.05) is 18.4 Å². The van der Waals surface area contributed by atoms with E-state index in [0.717, 1.165) is 30.9 Å². The van der Waals surface area contributed by atoms with Gasteiger partial charge in [0.05, 0.1) is 12.1 Å². The lowest BCUT2D eigenvalue weighted by Gasteiger charge is -2.25. The Bertz CT molecular complexity index is 329. The van der Waals surface area contributed by atoms with E-state index in [1.165, 1.54) is 0 Å². The molecule has 3 N–H and O–H groups in total. The molecule has 1 aromatic rings. The van der Waals surface area contributed by atoms with E-state index in [0.29, 0.717) is 0 Å². The second kappa shape index (κ2) is 3.79. The largest absolute Gasteiger partial charge is 0.315 e. The number of H-pyrrole nitrogens is 1. The minimum Gasteiger partial charge on any atom is -0.315 e. The highest BCUT2D eigenvalue weighted by atomic mass is 16.2. The smallest absolute Gasteiger partial charge is 0.231 e. The molecule has 0 aliphatic carbocycles. The normalized spacial score (nSPS) is 16.4. The molecule has 0 unspecified atom stereocenters. The Morgan fingerprint density at radius 3 is 3.07 bits per heavy atom. The summed E-state index contributed by atoms with van der Waals surface area (Å²) in [5.74, 6) is 0.926. The number of nitrogens with one attached hydrogen (secondary N) is 3. The first-order valence-electron chi connectivity index (χ1n) is 4.85. The molecule has 0 saturated carbocycles. The van der Waals surface area contributed by atoms with Crippen molar-refractivity contribution >= 4 is 11.7 Å². The third kappa shape index (κ3) is 1.63. The van der Waals surface area contributed by atoms with Crippen LogP contribution in [0.15, 0.2) is 6.20 Å². The molecule has 0 aromatic carbocycles. The molecule has 1 saturated heterocycles. The number of anilines is 1. The van der Waals surface area contributed by atoms with Crippen LogP contribution in [-0.4, -0.2) is 29.2 Å². The third-order valence-corrected chi connectivity index (χ3v) is 2.50. The van der Waals surface area contributed by atoms with Crippen LogP contribution in [0.4, 0.5) is 5.82 Å². The topological polar surface area (TPSA) is 69.8 Å². The molecule has 5 heteroatoms. The predicted molar refractivity (Wildman–Crippen MR) is 53.0 cm³/mol. The van der Waals surface area contributed by atoms with Gasteiger partial charge in [0.15, 0.2) is 0 Å². The van der Waals surface area contributed by atoms with Crippen LogP contribution < -0.4 is 10.6 Å². The Balaban J connectivity index is 1.99. The summed E-state index contributed by atoms with van der Waals surface area (Å²) in [6, 6.07) is 0. The molecule has 76 valence electrons. The van der Waals surface area contributed by atoms with Crippen LogP contribution in [0, 0.1) is 5.92 Å². The first-order chi connectivity index (χ1) is 6.81. The molecule has 2 rings (SSSR count). The minimum absolute atomic E-state index is 0.0719. The molecule has 1 aliphatic heterocycles. The van der Waals surface area contributed by atoms with Gasteiger partial charge in [0.25, 0.3) is 0 Å². The van der Waals surface area contributed by atoms with Crippen LogP contribution in [0.3, 0.4) is 0 Å². The fourth-order valence-electron chi connectivity index (χ4n) is 1.39. The average molecular weight is 194 g/mol. The predicted octanol–water partition coefficient (Wildman–Crippen LogP) is 0.130. The molecule has 0 bridgehead atoms. The highest BCUT2D eigenvalue weighted by Gasteiger charge is 2.25. The Hall–Kier alpha value is -1.36. The molecular weight excluding hydrogens is 180 g/mol. The summed E-state index contributed by atoms with van der Waals surface area (Å²) in [6.07, 6.45) is 2.61. The second-order valence-corrected chi connectivity index (χ2v) is 3.47. The SMILES string of the molecule is CCc1cn[nH]c1NC(=O)C1CNC1. The zero-order valence-corrected chi connectivity index (χ0v) is 8.13. The van der Waals surface area contributed by atoms with E-state index in [9.17, 15) is 4.79 Å². The lowest BCUT2D eigenvalue weighted by atomic mass is 10.0. The lowest BCUT2D eigenvalue weighted by Crippen LogP contribution is -2.48. The van der Waals surface area contributed by atoms with Crippen molar-refractivity contribution < 1.29 is 4.79 Å². The molecule has 1 aromatic heterocycles. The maximum atomic E-state index is 11.6. The van der Waals surface area contributed by atoms with Crippen molar-refractivity contribution in [2.45, 2.75) is 13.3 Å². The third-order valence-electron chi connectivity index (χ3n) is 2.50. The standard InChI is InChI=1S/C9H14N4O/c1-2-6-5-11-13-8(6)12-9(14)7-3-10-4-7/h5,7,10H,2-4H2,1H3,(H2,11,12,13,14). The zero-order valence-electron chi connectivity index (χ0n) is 8.13. The van der Waals surface area contributed by atoms with Gasteiger partial charge in [0.2, 0.25) is 5.91 Å². The Kier molecular flexibility index (Phi) is 2.49. The number of carbonyl (C=O) groups excluding carboxylic acids is 1. The van der Waals surface area contributed by atoms with Crippen molar-refractivity contribution in [3.8, 4) is 0 Å². The van der Waals surface area contributed by atoms with E-state index in [1.54, 1.807) is 6.20 Å². The second-order valence-electron chi connectivity index (χ2n) is 3.47. The number of aromatic amines is 1. The van der Waals surface area contributed by atoms with Crippen LogP contribution in [0.1, 0.15) is 12.5 Å². The van der Waals surface area contributed by atoms with E-state index in [2.05, 4.69) is 20.8 Å². The Morgan fingerprint density at radius 2 is 2.50 bits per heavy atom. The molecule has 14 heavy (non-hydrogen) atoms. The molecule has 1 amide bonds. The maximum absolute atomic E-state index is 11.6. The number of hydrogen-bond donors (Lipinski definition) is 3. The number of aromatic nitrogens is 2. The van der Waals surface area contributed by atoms with Crippen LogP contribution >= 0.6 is 0 Å². The van der Waals surface area contributed by atoms with Crippen LogP contribution in [0.25, 0.3) is 0 Å². The first kappa shape index (κ1) is 9.21. The summed E-state index contributed by atoms with van der Waals surface area (Å²) in [4.78, 5) is 11.6. The number of carbonyl (C=O) groups is 1. The highest BCUT2D eigenvalue weighted by Crippen LogP contribution is 2.13. The number of nitrogens with zero attached hydrogens (tertiary/aromatic N) is 1. The monoisotopic (exact) mass is 194 g/mol. The van der Waals surface area contributed by atoms with Gasteiger partial charge in [-0.2, -0.15) is 5.10 Å². The first-order valence-corrected chi connectivity index (χ1v) is 4.85. The summed E-state index contributed by atoms with van der Waals surface area (Å²) >= 11 is 0. The fourth-order valence-corrected chi connectivity index (χ4v) is 1.39. The Morgan fingerprint density at radius 1 is 1.71 bits per heavy atom. The van der Waals surface area contributed by atoms with Crippen molar-refractivity contribution in [3.63, 3.8) is 0 Å². The average Bonchev–Trinajstić information content (AvgIpc) is 2.48. The summed E-state index contributed by atoms with van der Waals surface area (Å²) in [5, 5.41) is 12.6. The molecule has 1 aliphatic rings. The molecule has 2 heterocycles. The Labute approximate surface area is 82.3 Å². The lowest BCUT2D eigenvalue weighted by molar-refractivity contribution is -0.121. The molecule has 1 fully saturated rings. The quantitative estimate of drug-likeness (QED) is 0.640. The van der Waals surface area contributed by atoms with Crippen molar-refractivity contribution in [3.05, 3.63) is 11.8 Å². The number of rotatable bonds is 3. The van der Waals surface area contributed by atoms with Crippen molar-refractivity contribution in [2.24, 2.45) is 5.92 Å². The number of aryl methyl sites for hydroxylation is 1. The molecule has 0 spiro atoms. The van der Waals surface area contributed by atoms with Gasteiger partial charge in [-0.05, 0) is 6.42 Å². The van der Waals surface area contributed by atoms with Gasteiger partial charge < -0.3 is 10.6 Å². The summed E-state index contributed by atoms with van der Waals surface area (Å²) in [5.41, 5.74) is 1.05. The summed E-state index contributed by atoms with van der Waals surface area (Å²) < 4.78 is 0. The van der Waals surface area contributed by atoms with E-state index >= 15 is 0 Å². The number of amides is 1. The maximum Gasteiger partial charge on any atom is 0.231 e. The molecular formula is C9H14N4O. The van der Waals surface area contributed by atoms with E-state index in [-0.39, 0.29) is 11.8 Å². The van der Waals surface area contributed by atoms with Gasteiger partial charge in [-0.3, -0.25) is 9.89 Å². The van der Waals surface area contributed by atoms with Crippen LogP contribution in [0.5, 0.6) is 0 Å². The van der Waals surface area contributed by atoms with E-state index in [4.69, 9.17) is 0 Å². The highest BCUT2D eigenvalue weighted by molar-refractivity contribution is 5.93. The molecule has 0 atom stereocenters. The van der Waals surface area contributed by atoms with Gasteiger partial charge >= 0.3 is 0 Å².